The molecular weight excluding hydrogens is 270 g/mol. The Labute approximate surface area is 123 Å². The first-order valence-corrected chi connectivity index (χ1v) is 7.49. The third-order valence-corrected chi connectivity index (χ3v) is 4.15. The molecule has 0 spiro atoms. The molecule has 106 valence electrons. The minimum absolute atomic E-state index is 0.0772. The molecule has 0 unspecified atom stereocenters. The van der Waals surface area contributed by atoms with Crippen LogP contribution in [0, 0.1) is 6.92 Å². The number of carbonyl (C=O) groups is 1. The van der Waals surface area contributed by atoms with E-state index in [1.54, 1.807) is 6.92 Å². The minimum Gasteiger partial charge on any atom is -0.486 e. The number of Topliss-reactive ketones (excluding diaryl/α,β-unsaturated/α-hetero) is 1. The van der Waals surface area contributed by atoms with Gasteiger partial charge in [-0.3, -0.25) is 4.79 Å². The Morgan fingerprint density at radius 3 is 2.60 bits per heavy atom. The number of ether oxygens (including phenoxy) is 1. The highest BCUT2D eigenvalue weighted by Gasteiger charge is 2.17. The van der Waals surface area contributed by atoms with E-state index in [-0.39, 0.29) is 11.7 Å². The van der Waals surface area contributed by atoms with Gasteiger partial charge in [-0.15, -0.1) is 11.3 Å². The molecule has 0 aliphatic heterocycles. The van der Waals surface area contributed by atoms with E-state index in [1.807, 2.05) is 45.0 Å². The molecule has 4 heteroatoms. The van der Waals surface area contributed by atoms with Gasteiger partial charge in [-0.05, 0) is 24.5 Å². The molecular formula is C16H19NO2S. The van der Waals surface area contributed by atoms with Gasteiger partial charge in [-0.1, -0.05) is 32.0 Å². The zero-order valence-corrected chi connectivity index (χ0v) is 13.1. The largest absolute Gasteiger partial charge is 0.486 e. The molecule has 3 nitrogen and oxygen atoms in total. The second kappa shape index (κ2) is 6.18. The molecule has 0 amide bonds. The summed E-state index contributed by atoms with van der Waals surface area (Å²) >= 11 is 1.44. The molecule has 1 heterocycles. The van der Waals surface area contributed by atoms with Crippen LogP contribution in [0.5, 0.6) is 5.75 Å². The van der Waals surface area contributed by atoms with E-state index in [2.05, 4.69) is 4.98 Å². The molecule has 1 aromatic carbocycles. The third kappa shape index (κ3) is 3.25. The van der Waals surface area contributed by atoms with Gasteiger partial charge < -0.3 is 4.74 Å². The maximum absolute atomic E-state index is 11.6. The maximum Gasteiger partial charge on any atom is 0.171 e. The lowest BCUT2D eigenvalue weighted by Crippen LogP contribution is -1.99. The van der Waals surface area contributed by atoms with Crippen molar-refractivity contribution in [1.29, 1.82) is 0 Å². The molecule has 0 N–H and O–H groups in total. The van der Waals surface area contributed by atoms with Crippen LogP contribution in [0.3, 0.4) is 0 Å². The molecule has 0 bridgehead atoms. The molecule has 20 heavy (non-hydrogen) atoms. The van der Waals surface area contributed by atoms with Gasteiger partial charge in [-0.25, -0.2) is 4.98 Å². The monoisotopic (exact) mass is 289 g/mol. The lowest BCUT2D eigenvalue weighted by Gasteiger charge is -2.06. The van der Waals surface area contributed by atoms with Crippen molar-refractivity contribution in [3.63, 3.8) is 0 Å². The van der Waals surface area contributed by atoms with Crippen LogP contribution >= 0.6 is 11.3 Å². The summed E-state index contributed by atoms with van der Waals surface area (Å²) in [6.07, 6.45) is 0. The predicted octanol–water partition coefficient (Wildman–Crippen LogP) is 4.36. The Bertz CT molecular complexity index is 617. The average Bonchev–Trinajstić information content (AvgIpc) is 2.82. The van der Waals surface area contributed by atoms with Crippen LogP contribution in [-0.4, -0.2) is 10.8 Å². The first kappa shape index (κ1) is 14.7. The number of hydrogen-bond acceptors (Lipinski definition) is 4. The summed E-state index contributed by atoms with van der Waals surface area (Å²) in [6, 6.07) is 7.89. The van der Waals surface area contributed by atoms with Gasteiger partial charge in [0.15, 0.2) is 5.78 Å². The Morgan fingerprint density at radius 1 is 1.35 bits per heavy atom. The number of nitrogens with zero attached hydrogens (tertiary/aromatic N) is 1. The topological polar surface area (TPSA) is 39.2 Å². The second-order valence-electron chi connectivity index (χ2n) is 5.09. The van der Waals surface area contributed by atoms with E-state index in [1.165, 1.54) is 11.3 Å². The van der Waals surface area contributed by atoms with Gasteiger partial charge >= 0.3 is 0 Å². The second-order valence-corrected chi connectivity index (χ2v) is 6.17. The number of thiazole rings is 1. The number of aromatic nitrogens is 1. The highest BCUT2D eigenvalue weighted by atomic mass is 32.1. The Balaban J connectivity index is 2.16. The first-order chi connectivity index (χ1) is 9.49. The van der Waals surface area contributed by atoms with Crippen molar-refractivity contribution >= 4 is 17.1 Å². The van der Waals surface area contributed by atoms with Gasteiger partial charge in [0, 0.05) is 6.92 Å². The quantitative estimate of drug-likeness (QED) is 0.768. The predicted molar refractivity (Wildman–Crippen MR) is 81.7 cm³/mol. The highest BCUT2D eigenvalue weighted by Crippen LogP contribution is 2.27. The van der Waals surface area contributed by atoms with Crippen LogP contribution in [0.4, 0.5) is 0 Å². The number of aryl methyl sites for hydroxylation is 1. The van der Waals surface area contributed by atoms with Gasteiger partial charge in [0.2, 0.25) is 0 Å². The van der Waals surface area contributed by atoms with Crippen LogP contribution < -0.4 is 4.74 Å². The normalized spacial score (nSPS) is 10.8. The van der Waals surface area contributed by atoms with Gasteiger partial charge in [0.25, 0.3) is 0 Å². The summed E-state index contributed by atoms with van der Waals surface area (Å²) in [5, 5.41) is 0.849. The SMILES string of the molecule is CC(=O)c1sc(COc2ccccc2C)nc1C(C)C. The van der Waals surface area contributed by atoms with Crippen LogP contribution in [0.15, 0.2) is 24.3 Å². The standard InChI is InChI=1S/C16H19NO2S/c1-10(2)15-16(12(4)18)20-14(17-15)9-19-13-8-6-5-7-11(13)3/h5-8,10H,9H2,1-4H3. The average molecular weight is 289 g/mol. The lowest BCUT2D eigenvalue weighted by molar-refractivity contribution is 0.102. The summed E-state index contributed by atoms with van der Waals surface area (Å²) in [6.45, 7) is 8.10. The smallest absolute Gasteiger partial charge is 0.171 e. The zero-order valence-electron chi connectivity index (χ0n) is 12.3. The molecule has 1 aromatic heterocycles. The summed E-state index contributed by atoms with van der Waals surface area (Å²) in [4.78, 5) is 16.9. The van der Waals surface area contributed by atoms with E-state index in [9.17, 15) is 4.79 Å². The lowest BCUT2D eigenvalue weighted by atomic mass is 10.1. The van der Waals surface area contributed by atoms with E-state index in [0.717, 1.165) is 26.9 Å². The van der Waals surface area contributed by atoms with Crippen molar-refractivity contribution in [1.82, 2.24) is 4.98 Å². The molecule has 0 atom stereocenters. The molecule has 0 saturated heterocycles. The number of hydrogen-bond donors (Lipinski definition) is 0. The fourth-order valence-electron chi connectivity index (χ4n) is 1.94. The van der Waals surface area contributed by atoms with E-state index < -0.39 is 0 Å². The Morgan fingerprint density at radius 2 is 2.05 bits per heavy atom. The minimum atomic E-state index is 0.0772. The summed E-state index contributed by atoms with van der Waals surface area (Å²) in [7, 11) is 0. The van der Waals surface area contributed by atoms with Crippen molar-refractivity contribution in [2.45, 2.75) is 40.2 Å². The van der Waals surface area contributed by atoms with Crippen molar-refractivity contribution in [3.8, 4) is 5.75 Å². The van der Waals surface area contributed by atoms with Crippen LogP contribution in [0.2, 0.25) is 0 Å². The van der Waals surface area contributed by atoms with Crippen molar-refractivity contribution < 1.29 is 9.53 Å². The molecule has 2 rings (SSSR count). The van der Waals surface area contributed by atoms with E-state index in [0.29, 0.717) is 6.61 Å². The van der Waals surface area contributed by atoms with Gasteiger partial charge in [0.1, 0.15) is 17.4 Å². The van der Waals surface area contributed by atoms with Crippen LogP contribution in [0.1, 0.15) is 52.6 Å². The number of carbonyl (C=O) groups excluding carboxylic acids is 1. The third-order valence-electron chi connectivity index (χ3n) is 3.01. The van der Waals surface area contributed by atoms with Crippen molar-refractivity contribution in [3.05, 3.63) is 45.4 Å². The molecule has 2 aromatic rings. The fourth-order valence-corrected chi connectivity index (χ4v) is 2.97. The Hall–Kier alpha value is -1.68. The maximum atomic E-state index is 11.6. The van der Waals surface area contributed by atoms with Gasteiger partial charge in [0.05, 0.1) is 10.6 Å². The summed E-state index contributed by atoms with van der Waals surface area (Å²) in [5.41, 5.74) is 1.98. The van der Waals surface area contributed by atoms with Crippen molar-refractivity contribution in [2.24, 2.45) is 0 Å². The Kier molecular flexibility index (Phi) is 4.55. The van der Waals surface area contributed by atoms with E-state index >= 15 is 0 Å². The van der Waals surface area contributed by atoms with E-state index in [4.69, 9.17) is 4.74 Å². The summed E-state index contributed by atoms with van der Waals surface area (Å²) in [5.74, 6) is 1.18. The molecule has 0 aliphatic rings. The highest BCUT2D eigenvalue weighted by molar-refractivity contribution is 7.13. The fraction of sp³-hybridized carbons (Fsp3) is 0.375. The number of rotatable bonds is 5. The molecule has 0 aliphatic carbocycles. The number of ketones is 1. The molecule has 0 saturated carbocycles. The number of benzene rings is 1. The molecule has 0 fully saturated rings. The van der Waals surface area contributed by atoms with Crippen molar-refractivity contribution in [2.75, 3.05) is 0 Å². The summed E-state index contributed by atoms with van der Waals surface area (Å²) < 4.78 is 5.79. The number of para-hydroxylation sites is 1. The zero-order chi connectivity index (χ0) is 14.7. The van der Waals surface area contributed by atoms with Gasteiger partial charge in [-0.2, -0.15) is 0 Å². The first-order valence-electron chi connectivity index (χ1n) is 6.68. The van der Waals surface area contributed by atoms with Crippen LogP contribution in [-0.2, 0) is 6.61 Å². The molecule has 0 radical (unpaired) electrons. The van der Waals surface area contributed by atoms with Crippen LogP contribution in [0.25, 0.3) is 0 Å².